The van der Waals surface area contributed by atoms with Crippen LogP contribution in [0.3, 0.4) is 0 Å². The first-order chi connectivity index (χ1) is 12.1. The lowest BCUT2D eigenvalue weighted by Gasteiger charge is -2.24. The molecule has 0 radical (unpaired) electrons. The van der Waals surface area contributed by atoms with E-state index < -0.39 is 0 Å². The number of carbonyl (C=O) groups is 1. The van der Waals surface area contributed by atoms with Gasteiger partial charge in [0.15, 0.2) is 5.96 Å². The number of hydrogen-bond acceptors (Lipinski definition) is 5. The maximum atomic E-state index is 11.6. The van der Waals surface area contributed by atoms with Crippen LogP contribution >= 0.6 is 11.3 Å². The number of guanidine groups is 1. The molecule has 128 valence electrons. The van der Waals surface area contributed by atoms with Crippen molar-refractivity contribution in [3.63, 3.8) is 0 Å². The largest absolute Gasteiger partial charge is 0.369 e. The normalized spacial score (nSPS) is 19.5. The number of carbonyl (C=O) groups excluding carboxylic acids is 1. The molecule has 2 heterocycles. The van der Waals surface area contributed by atoms with Gasteiger partial charge >= 0.3 is 0 Å². The van der Waals surface area contributed by atoms with Gasteiger partial charge in [0.2, 0.25) is 5.91 Å². The number of nitriles is 1. The van der Waals surface area contributed by atoms with E-state index >= 15 is 0 Å². The molecule has 1 fully saturated rings. The van der Waals surface area contributed by atoms with Gasteiger partial charge in [-0.2, -0.15) is 5.26 Å². The van der Waals surface area contributed by atoms with Gasteiger partial charge in [-0.05, 0) is 30.4 Å². The summed E-state index contributed by atoms with van der Waals surface area (Å²) in [5, 5.41) is 10.5. The van der Waals surface area contributed by atoms with Gasteiger partial charge in [0, 0.05) is 17.3 Å². The summed E-state index contributed by atoms with van der Waals surface area (Å²) in [4.78, 5) is 18.0. The molecule has 1 aliphatic carbocycles. The fraction of sp³-hybridized carbons (Fsp3) is 0.316. The molecule has 1 saturated carbocycles. The molecule has 2 N–H and O–H groups in total. The summed E-state index contributed by atoms with van der Waals surface area (Å²) in [6.07, 6.45) is 3.12. The molecule has 2 aliphatic rings. The van der Waals surface area contributed by atoms with Crippen molar-refractivity contribution in [2.75, 3.05) is 7.05 Å². The Morgan fingerprint density at radius 3 is 2.60 bits per heavy atom. The first kappa shape index (κ1) is 17.2. The molecule has 1 aromatic heterocycles. The van der Waals surface area contributed by atoms with Gasteiger partial charge in [-0.3, -0.25) is 9.69 Å². The molecule has 1 aromatic carbocycles. The number of aliphatic imine (C=N–C) groups is 1. The molecule has 1 unspecified atom stereocenters. The minimum atomic E-state index is -0.240. The Kier molecular flexibility index (Phi) is 5.15. The zero-order chi connectivity index (χ0) is 17.8. The summed E-state index contributed by atoms with van der Waals surface area (Å²) in [7, 11) is 1.60. The molecule has 0 saturated heterocycles. The van der Waals surface area contributed by atoms with E-state index in [2.05, 4.69) is 41.4 Å². The Morgan fingerprint density at radius 1 is 1.32 bits per heavy atom. The van der Waals surface area contributed by atoms with Crippen molar-refractivity contribution in [1.82, 2.24) is 4.90 Å². The Balaban J connectivity index is 0.000000170. The predicted octanol–water partition coefficient (Wildman–Crippen LogP) is 3.40. The molecule has 4 rings (SSSR count). The third-order valence-corrected chi connectivity index (χ3v) is 5.33. The van der Waals surface area contributed by atoms with Crippen molar-refractivity contribution >= 4 is 23.2 Å². The molecule has 1 amide bonds. The van der Waals surface area contributed by atoms with Crippen LogP contribution in [0.2, 0.25) is 0 Å². The van der Waals surface area contributed by atoms with Gasteiger partial charge in [-0.15, -0.1) is 11.3 Å². The molecule has 5 nitrogen and oxygen atoms in total. The van der Waals surface area contributed by atoms with Crippen LogP contribution in [0.5, 0.6) is 0 Å². The second-order valence-electron chi connectivity index (χ2n) is 6.19. The highest BCUT2D eigenvalue weighted by Crippen LogP contribution is 2.39. The lowest BCUT2D eigenvalue weighted by Crippen LogP contribution is -2.42. The Labute approximate surface area is 151 Å². The van der Waals surface area contributed by atoms with E-state index in [-0.39, 0.29) is 17.9 Å². The molecule has 2 aromatic rings. The van der Waals surface area contributed by atoms with Crippen LogP contribution in [0.1, 0.15) is 47.2 Å². The molecule has 0 spiro atoms. The molecular weight excluding hydrogens is 332 g/mol. The van der Waals surface area contributed by atoms with E-state index in [1.807, 2.05) is 0 Å². The zero-order valence-corrected chi connectivity index (χ0v) is 14.9. The van der Waals surface area contributed by atoms with Gasteiger partial charge in [0.1, 0.15) is 6.07 Å². The third kappa shape index (κ3) is 4.25. The zero-order valence-electron chi connectivity index (χ0n) is 14.1. The predicted molar refractivity (Wildman–Crippen MR) is 99.2 cm³/mol. The van der Waals surface area contributed by atoms with Crippen molar-refractivity contribution in [2.24, 2.45) is 10.7 Å². The Hall–Kier alpha value is -2.65. The maximum Gasteiger partial charge on any atom is 0.231 e. The summed E-state index contributed by atoms with van der Waals surface area (Å²) < 4.78 is 0. The minimum Gasteiger partial charge on any atom is -0.369 e. The highest BCUT2D eigenvalue weighted by atomic mass is 32.1. The fourth-order valence-corrected chi connectivity index (χ4v) is 3.49. The van der Waals surface area contributed by atoms with E-state index in [0.717, 1.165) is 10.8 Å². The number of amides is 1. The van der Waals surface area contributed by atoms with Crippen LogP contribution in [0.15, 0.2) is 46.8 Å². The lowest BCUT2D eigenvalue weighted by molar-refractivity contribution is -0.127. The van der Waals surface area contributed by atoms with Crippen molar-refractivity contribution in [3.8, 4) is 6.07 Å². The maximum absolute atomic E-state index is 11.6. The molecule has 25 heavy (non-hydrogen) atoms. The van der Waals surface area contributed by atoms with Crippen LogP contribution in [0, 0.1) is 11.3 Å². The molecule has 1 atom stereocenters. The summed E-state index contributed by atoms with van der Waals surface area (Å²) in [5.41, 5.74) is 7.75. The number of nitrogens with two attached hydrogens (primary N) is 1. The summed E-state index contributed by atoms with van der Waals surface area (Å²) >= 11 is 1.43. The standard InChI is InChI=1S/C10H10N4OS.C9H10/c1-14-9(15)3-7(13-10(14)12)8-2-6(4-11)5-16-8;1-2-4-8(5-3-1)9-6-7-9/h2,5,7H,3H2,1H3,(H2,12,13);1-5,9H,6-7H2. The van der Waals surface area contributed by atoms with E-state index in [4.69, 9.17) is 11.0 Å². The van der Waals surface area contributed by atoms with Crippen LogP contribution in [0.25, 0.3) is 0 Å². The van der Waals surface area contributed by atoms with Gasteiger partial charge in [-0.1, -0.05) is 30.3 Å². The molecule has 0 bridgehead atoms. The first-order valence-electron chi connectivity index (χ1n) is 8.21. The topological polar surface area (TPSA) is 82.5 Å². The van der Waals surface area contributed by atoms with Gasteiger partial charge in [0.25, 0.3) is 0 Å². The average molecular weight is 352 g/mol. The Bertz CT molecular complexity index is 817. The highest BCUT2D eigenvalue weighted by molar-refractivity contribution is 7.10. The fourth-order valence-electron chi connectivity index (χ4n) is 2.61. The van der Waals surface area contributed by atoms with Crippen LogP contribution in [-0.4, -0.2) is 23.8 Å². The number of benzene rings is 1. The van der Waals surface area contributed by atoms with Crippen molar-refractivity contribution in [1.29, 1.82) is 5.26 Å². The molecule has 1 aliphatic heterocycles. The quantitative estimate of drug-likeness (QED) is 0.899. The van der Waals surface area contributed by atoms with E-state index in [1.54, 1.807) is 18.5 Å². The first-order valence-corrected chi connectivity index (χ1v) is 9.09. The summed E-state index contributed by atoms with van der Waals surface area (Å²) in [6.45, 7) is 0. The summed E-state index contributed by atoms with van der Waals surface area (Å²) in [5.74, 6) is 1.09. The number of rotatable bonds is 2. The van der Waals surface area contributed by atoms with Crippen molar-refractivity contribution in [3.05, 3.63) is 57.8 Å². The second-order valence-corrected chi connectivity index (χ2v) is 7.14. The number of hydrogen-bond donors (Lipinski definition) is 1. The SMILES string of the molecule is CN1C(=O)CC(c2cc(C#N)cs2)N=C1N.c1ccc(C2CC2)cc1. The summed E-state index contributed by atoms with van der Waals surface area (Å²) in [6, 6.07) is 14.3. The van der Waals surface area contributed by atoms with Gasteiger partial charge in [0.05, 0.1) is 18.0 Å². The monoisotopic (exact) mass is 352 g/mol. The minimum absolute atomic E-state index is 0.0515. The van der Waals surface area contributed by atoms with Crippen LogP contribution in [0.4, 0.5) is 0 Å². The van der Waals surface area contributed by atoms with E-state index in [0.29, 0.717) is 12.0 Å². The van der Waals surface area contributed by atoms with Gasteiger partial charge in [-0.25, -0.2) is 4.99 Å². The second kappa shape index (κ2) is 7.49. The molecule has 6 heteroatoms. The average Bonchev–Trinajstić information content (AvgIpc) is 3.38. The lowest BCUT2D eigenvalue weighted by atomic mass is 10.1. The Morgan fingerprint density at radius 2 is 2.04 bits per heavy atom. The highest BCUT2D eigenvalue weighted by Gasteiger charge is 2.26. The van der Waals surface area contributed by atoms with Crippen molar-refractivity contribution < 1.29 is 4.79 Å². The van der Waals surface area contributed by atoms with Gasteiger partial charge < -0.3 is 5.73 Å². The number of thiophene rings is 1. The van der Waals surface area contributed by atoms with Crippen LogP contribution in [-0.2, 0) is 4.79 Å². The van der Waals surface area contributed by atoms with Crippen LogP contribution < -0.4 is 5.73 Å². The van der Waals surface area contributed by atoms with Crippen molar-refractivity contribution in [2.45, 2.75) is 31.2 Å². The smallest absolute Gasteiger partial charge is 0.231 e. The van der Waals surface area contributed by atoms with E-state index in [1.165, 1.54) is 34.6 Å². The third-order valence-electron chi connectivity index (χ3n) is 4.30. The van der Waals surface area contributed by atoms with E-state index in [9.17, 15) is 4.79 Å². The number of nitrogens with zero attached hydrogens (tertiary/aromatic N) is 3. The molecular formula is C19H20N4OS.